The van der Waals surface area contributed by atoms with Gasteiger partial charge in [-0.25, -0.2) is 9.18 Å². The third-order valence-corrected chi connectivity index (χ3v) is 6.43. The van der Waals surface area contributed by atoms with Crippen LogP contribution in [-0.4, -0.2) is 34.6 Å². The predicted molar refractivity (Wildman–Crippen MR) is 105 cm³/mol. The van der Waals surface area contributed by atoms with E-state index < -0.39 is 5.60 Å². The third-order valence-electron chi connectivity index (χ3n) is 6.43. The van der Waals surface area contributed by atoms with E-state index in [1.54, 1.807) is 17.0 Å². The predicted octanol–water partition coefficient (Wildman–Crippen LogP) is 3.72. The second kappa shape index (κ2) is 6.31. The molecule has 2 aromatic rings. The molecule has 0 saturated heterocycles. The first-order valence-electron chi connectivity index (χ1n) is 10.0. The van der Waals surface area contributed by atoms with Crippen LogP contribution in [-0.2, 0) is 16.0 Å². The maximum absolute atomic E-state index is 13.5. The summed E-state index contributed by atoms with van der Waals surface area (Å²) in [6, 6.07) is 14.1. The molecule has 5 nitrogen and oxygen atoms in total. The number of hydrogen-bond acceptors (Lipinski definition) is 3. The van der Waals surface area contributed by atoms with Crippen molar-refractivity contribution >= 4 is 12.0 Å². The van der Waals surface area contributed by atoms with Crippen molar-refractivity contribution in [1.82, 2.24) is 10.2 Å². The Morgan fingerprint density at radius 2 is 1.79 bits per heavy atom. The second-order valence-corrected chi connectivity index (χ2v) is 8.64. The zero-order valence-corrected chi connectivity index (χ0v) is 16.3. The summed E-state index contributed by atoms with van der Waals surface area (Å²) in [6.45, 7) is 2.06. The number of fused-ring (bicyclic) bond motifs is 1. The fraction of sp³-hybridized carbons (Fsp3) is 0.391. The van der Waals surface area contributed by atoms with Crippen LogP contribution in [0.2, 0.25) is 0 Å². The molecule has 1 N–H and O–H groups in total. The standard InChI is InChI=1S/C23H23FN2O3/c1-15(27)25-22-12-23(13-22,14-22)29-21(28)26-11-10-16-4-2-3-5-19(16)20(26)17-6-8-18(24)9-7-17/h2-9,20H,10-14H2,1H3,(H,25,27)/t20-,22?,23?/m0/s1. The Kier molecular flexibility index (Phi) is 3.95. The van der Waals surface area contributed by atoms with E-state index in [0.29, 0.717) is 25.8 Å². The summed E-state index contributed by atoms with van der Waals surface area (Å²) >= 11 is 0. The van der Waals surface area contributed by atoms with Gasteiger partial charge in [-0.3, -0.25) is 9.69 Å². The summed E-state index contributed by atoms with van der Waals surface area (Å²) in [4.78, 5) is 26.2. The number of rotatable bonds is 3. The fourth-order valence-corrected chi connectivity index (χ4v) is 5.32. The molecule has 4 aliphatic rings. The molecule has 6 heteroatoms. The van der Waals surface area contributed by atoms with Crippen LogP contribution in [0.3, 0.4) is 0 Å². The molecule has 1 heterocycles. The van der Waals surface area contributed by atoms with E-state index in [1.165, 1.54) is 24.6 Å². The summed E-state index contributed by atoms with van der Waals surface area (Å²) in [5.41, 5.74) is 2.47. The van der Waals surface area contributed by atoms with E-state index in [-0.39, 0.29) is 29.4 Å². The van der Waals surface area contributed by atoms with Crippen molar-refractivity contribution < 1.29 is 18.7 Å². The van der Waals surface area contributed by atoms with Gasteiger partial charge in [0.25, 0.3) is 0 Å². The van der Waals surface area contributed by atoms with E-state index in [9.17, 15) is 14.0 Å². The number of halogens is 1. The topological polar surface area (TPSA) is 58.6 Å². The molecule has 2 aromatic carbocycles. The normalized spacial score (nSPS) is 29.2. The molecule has 2 amide bonds. The number of amides is 2. The van der Waals surface area contributed by atoms with Crippen molar-refractivity contribution in [3.05, 3.63) is 71.0 Å². The van der Waals surface area contributed by atoms with Crippen LogP contribution in [0.1, 0.15) is 48.9 Å². The summed E-state index contributed by atoms with van der Waals surface area (Å²) in [5.74, 6) is -0.349. The molecule has 0 spiro atoms. The highest BCUT2D eigenvalue weighted by atomic mass is 19.1. The number of carbonyl (C=O) groups excluding carboxylic acids is 2. The van der Waals surface area contributed by atoms with E-state index in [4.69, 9.17) is 4.74 Å². The smallest absolute Gasteiger partial charge is 0.411 e. The minimum absolute atomic E-state index is 0.0476. The first-order valence-corrected chi connectivity index (χ1v) is 10.0. The summed E-state index contributed by atoms with van der Waals surface area (Å²) in [6.07, 6.45) is 2.45. The number of nitrogens with one attached hydrogen (secondary N) is 1. The molecule has 0 aromatic heterocycles. The quantitative estimate of drug-likeness (QED) is 0.863. The third kappa shape index (κ3) is 2.98. The highest BCUT2D eigenvalue weighted by Gasteiger charge is 2.71. The van der Waals surface area contributed by atoms with Gasteiger partial charge in [0.15, 0.2) is 0 Å². The summed E-state index contributed by atoms with van der Waals surface area (Å²) in [7, 11) is 0. The minimum Gasteiger partial charge on any atom is -0.442 e. The average molecular weight is 394 g/mol. The number of nitrogens with zero attached hydrogens (tertiary/aromatic N) is 1. The van der Waals surface area contributed by atoms with Crippen molar-refractivity contribution in [1.29, 1.82) is 0 Å². The van der Waals surface area contributed by atoms with Gasteiger partial charge in [-0.05, 0) is 35.2 Å². The Morgan fingerprint density at radius 3 is 2.48 bits per heavy atom. The molecule has 3 aliphatic carbocycles. The van der Waals surface area contributed by atoms with Gasteiger partial charge in [-0.1, -0.05) is 36.4 Å². The molecular formula is C23H23FN2O3. The van der Waals surface area contributed by atoms with Crippen molar-refractivity contribution in [3.63, 3.8) is 0 Å². The Labute approximate surface area is 168 Å². The molecule has 1 aliphatic heterocycles. The highest BCUT2D eigenvalue weighted by molar-refractivity contribution is 5.75. The van der Waals surface area contributed by atoms with Gasteiger partial charge in [0.05, 0.1) is 11.6 Å². The van der Waals surface area contributed by atoms with Crippen LogP contribution in [0, 0.1) is 5.82 Å². The van der Waals surface area contributed by atoms with Crippen molar-refractivity contribution in [2.75, 3.05) is 6.54 Å². The molecule has 2 bridgehead atoms. The lowest BCUT2D eigenvalue weighted by Gasteiger charge is -2.68. The van der Waals surface area contributed by atoms with Crippen molar-refractivity contribution in [2.24, 2.45) is 0 Å². The SMILES string of the molecule is CC(=O)NC12CC(OC(=O)N3CCc4ccccc4[C@@H]3c3ccc(F)cc3)(C1)C2. The van der Waals surface area contributed by atoms with E-state index in [2.05, 4.69) is 11.4 Å². The molecule has 3 fully saturated rings. The van der Waals surface area contributed by atoms with Crippen LogP contribution in [0.25, 0.3) is 0 Å². The largest absolute Gasteiger partial charge is 0.442 e. The van der Waals surface area contributed by atoms with Gasteiger partial charge in [-0.15, -0.1) is 0 Å². The summed E-state index contributed by atoms with van der Waals surface area (Å²) in [5, 5.41) is 2.97. The molecule has 3 saturated carbocycles. The first kappa shape index (κ1) is 18.2. The maximum Gasteiger partial charge on any atom is 0.411 e. The lowest BCUT2D eigenvalue weighted by molar-refractivity contribution is -0.223. The number of carbonyl (C=O) groups is 2. The minimum atomic E-state index is -0.455. The Hall–Kier alpha value is -2.89. The van der Waals surface area contributed by atoms with Gasteiger partial charge in [0.1, 0.15) is 11.4 Å². The first-order chi connectivity index (χ1) is 13.9. The lowest BCUT2D eigenvalue weighted by Crippen LogP contribution is -2.80. The Bertz CT molecular complexity index is 968. The van der Waals surface area contributed by atoms with Crippen LogP contribution >= 0.6 is 0 Å². The molecule has 6 rings (SSSR count). The van der Waals surface area contributed by atoms with Gasteiger partial charge < -0.3 is 10.1 Å². The second-order valence-electron chi connectivity index (χ2n) is 8.64. The molecule has 0 radical (unpaired) electrons. The molecule has 1 atom stereocenters. The van der Waals surface area contributed by atoms with Crippen LogP contribution in [0.4, 0.5) is 9.18 Å². The van der Waals surface area contributed by atoms with Gasteiger partial charge in [0.2, 0.25) is 5.91 Å². The molecular weight excluding hydrogens is 371 g/mol. The Morgan fingerprint density at radius 1 is 1.10 bits per heavy atom. The zero-order valence-electron chi connectivity index (χ0n) is 16.3. The zero-order chi connectivity index (χ0) is 20.2. The van der Waals surface area contributed by atoms with E-state index >= 15 is 0 Å². The number of benzene rings is 2. The molecule has 0 unspecified atom stereocenters. The van der Waals surface area contributed by atoms with Crippen molar-refractivity contribution in [3.8, 4) is 0 Å². The summed E-state index contributed by atoms with van der Waals surface area (Å²) < 4.78 is 19.4. The van der Waals surface area contributed by atoms with Gasteiger partial charge in [-0.2, -0.15) is 0 Å². The van der Waals surface area contributed by atoms with Crippen molar-refractivity contribution in [2.45, 2.75) is 49.8 Å². The number of ether oxygens (including phenoxy) is 1. The van der Waals surface area contributed by atoms with Crippen LogP contribution in [0.15, 0.2) is 48.5 Å². The highest BCUT2D eigenvalue weighted by Crippen LogP contribution is 2.63. The maximum atomic E-state index is 13.5. The van der Waals surface area contributed by atoms with Crippen LogP contribution in [0.5, 0.6) is 0 Å². The Balaban J connectivity index is 1.38. The average Bonchev–Trinajstić information content (AvgIpc) is 2.65. The molecule has 150 valence electrons. The molecule has 29 heavy (non-hydrogen) atoms. The fourth-order valence-electron chi connectivity index (χ4n) is 5.32. The van der Waals surface area contributed by atoms with E-state index in [0.717, 1.165) is 17.5 Å². The van der Waals surface area contributed by atoms with E-state index in [1.807, 2.05) is 18.2 Å². The monoisotopic (exact) mass is 394 g/mol. The van der Waals surface area contributed by atoms with Gasteiger partial charge >= 0.3 is 6.09 Å². The lowest BCUT2D eigenvalue weighted by atomic mass is 9.46. The van der Waals surface area contributed by atoms with Gasteiger partial charge in [0, 0.05) is 32.7 Å². The number of hydrogen-bond donors (Lipinski definition) is 1. The van der Waals surface area contributed by atoms with Crippen LogP contribution < -0.4 is 5.32 Å².